The van der Waals surface area contributed by atoms with Crippen LogP contribution in [0.15, 0.2) is 23.1 Å². The maximum atomic E-state index is 13.1. The summed E-state index contributed by atoms with van der Waals surface area (Å²) in [5.74, 6) is -3.84. The molecule has 112 valence electrons. The zero-order valence-corrected chi connectivity index (χ0v) is 11.8. The SMILES string of the molecule is CCCC(C)(NS(=O)(=O)c1ccc(F)c(F)c1)C(=O)O. The van der Waals surface area contributed by atoms with Crippen molar-refractivity contribution in [1.29, 1.82) is 0 Å². The Labute approximate surface area is 115 Å². The van der Waals surface area contributed by atoms with Crippen molar-refractivity contribution in [1.82, 2.24) is 4.72 Å². The third-order valence-electron chi connectivity index (χ3n) is 2.78. The van der Waals surface area contributed by atoms with Gasteiger partial charge in [0.25, 0.3) is 0 Å². The van der Waals surface area contributed by atoms with Gasteiger partial charge in [-0.15, -0.1) is 0 Å². The van der Waals surface area contributed by atoms with Crippen molar-refractivity contribution < 1.29 is 27.1 Å². The van der Waals surface area contributed by atoms with Crippen molar-refractivity contribution in [3.05, 3.63) is 29.8 Å². The molecule has 0 saturated heterocycles. The van der Waals surface area contributed by atoms with Crippen LogP contribution in [-0.4, -0.2) is 25.0 Å². The Kier molecular flexibility index (Phi) is 4.82. The molecule has 1 aromatic carbocycles. The topological polar surface area (TPSA) is 83.5 Å². The molecular formula is C12H15F2NO4S. The van der Waals surface area contributed by atoms with Crippen molar-refractivity contribution >= 4 is 16.0 Å². The molecule has 0 aromatic heterocycles. The second kappa shape index (κ2) is 5.84. The fraction of sp³-hybridized carbons (Fsp3) is 0.417. The number of benzene rings is 1. The summed E-state index contributed by atoms with van der Waals surface area (Å²) in [6, 6.07) is 2.04. The van der Waals surface area contributed by atoms with Crippen LogP contribution < -0.4 is 4.72 Å². The van der Waals surface area contributed by atoms with Crippen LogP contribution in [0.4, 0.5) is 8.78 Å². The third-order valence-corrected chi connectivity index (χ3v) is 4.38. The zero-order valence-electron chi connectivity index (χ0n) is 11.0. The summed E-state index contributed by atoms with van der Waals surface area (Å²) in [6.45, 7) is 2.92. The van der Waals surface area contributed by atoms with E-state index in [0.717, 1.165) is 6.07 Å². The van der Waals surface area contributed by atoms with Gasteiger partial charge in [0.1, 0.15) is 5.54 Å². The summed E-state index contributed by atoms with van der Waals surface area (Å²) in [5.41, 5.74) is -1.71. The van der Waals surface area contributed by atoms with Crippen molar-refractivity contribution in [3.63, 3.8) is 0 Å². The molecule has 20 heavy (non-hydrogen) atoms. The quantitative estimate of drug-likeness (QED) is 0.840. The van der Waals surface area contributed by atoms with E-state index in [1.807, 2.05) is 4.72 Å². The van der Waals surface area contributed by atoms with Gasteiger partial charge in [-0.1, -0.05) is 13.3 Å². The van der Waals surface area contributed by atoms with E-state index in [9.17, 15) is 22.0 Å². The summed E-state index contributed by atoms with van der Waals surface area (Å²) < 4.78 is 51.9. The van der Waals surface area contributed by atoms with Gasteiger partial charge in [0, 0.05) is 0 Å². The lowest BCUT2D eigenvalue weighted by Crippen LogP contribution is -2.51. The summed E-state index contributed by atoms with van der Waals surface area (Å²) in [5, 5.41) is 9.11. The number of halogens is 2. The number of carboxylic acid groups (broad SMARTS) is 1. The van der Waals surface area contributed by atoms with E-state index in [2.05, 4.69) is 0 Å². The Hall–Kier alpha value is -1.54. The highest BCUT2D eigenvalue weighted by molar-refractivity contribution is 7.89. The minimum absolute atomic E-state index is 0.0608. The van der Waals surface area contributed by atoms with E-state index in [-0.39, 0.29) is 6.42 Å². The van der Waals surface area contributed by atoms with Gasteiger partial charge in [0.15, 0.2) is 11.6 Å². The van der Waals surface area contributed by atoms with E-state index in [4.69, 9.17) is 5.11 Å². The molecule has 1 atom stereocenters. The Morgan fingerprint density at radius 1 is 1.35 bits per heavy atom. The van der Waals surface area contributed by atoms with E-state index in [0.29, 0.717) is 18.6 Å². The van der Waals surface area contributed by atoms with E-state index in [1.165, 1.54) is 6.92 Å². The van der Waals surface area contributed by atoms with Crippen LogP contribution in [0.3, 0.4) is 0 Å². The van der Waals surface area contributed by atoms with Gasteiger partial charge in [-0.2, -0.15) is 4.72 Å². The Bertz CT molecular complexity index is 618. The maximum Gasteiger partial charge on any atom is 0.324 e. The minimum atomic E-state index is -4.26. The maximum absolute atomic E-state index is 13.1. The second-order valence-corrected chi connectivity index (χ2v) is 6.25. The monoisotopic (exact) mass is 307 g/mol. The molecule has 0 radical (unpaired) electrons. The predicted molar refractivity (Wildman–Crippen MR) is 67.6 cm³/mol. The highest BCUT2D eigenvalue weighted by Crippen LogP contribution is 2.19. The van der Waals surface area contributed by atoms with Gasteiger partial charge >= 0.3 is 5.97 Å². The molecule has 0 spiro atoms. The molecule has 1 unspecified atom stereocenters. The summed E-state index contributed by atoms with van der Waals surface area (Å²) in [7, 11) is -4.26. The van der Waals surface area contributed by atoms with Crippen LogP contribution in [0.25, 0.3) is 0 Å². The second-order valence-electron chi connectivity index (χ2n) is 4.57. The molecule has 2 N–H and O–H groups in total. The van der Waals surface area contributed by atoms with E-state index < -0.39 is 38.1 Å². The van der Waals surface area contributed by atoms with Crippen LogP contribution >= 0.6 is 0 Å². The van der Waals surface area contributed by atoms with Crippen LogP contribution in [0.2, 0.25) is 0 Å². The van der Waals surface area contributed by atoms with Crippen molar-refractivity contribution in [2.24, 2.45) is 0 Å². The molecule has 0 aliphatic rings. The first-order chi connectivity index (χ1) is 9.12. The van der Waals surface area contributed by atoms with Crippen LogP contribution in [-0.2, 0) is 14.8 Å². The predicted octanol–water partition coefficient (Wildman–Crippen LogP) is 1.89. The summed E-state index contributed by atoms with van der Waals surface area (Å²) >= 11 is 0. The molecule has 0 amide bonds. The molecule has 0 bridgehead atoms. The number of hydrogen-bond donors (Lipinski definition) is 2. The number of nitrogens with one attached hydrogen (secondary N) is 1. The van der Waals surface area contributed by atoms with E-state index in [1.54, 1.807) is 6.92 Å². The molecule has 0 aliphatic carbocycles. The average Bonchev–Trinajstić information content (AvgIpc) is 2.31. The lowest BCUT2D eigenvalue weighted by Gasteiger charge is -2.25. The van der Waals surface area contributed by atoms with Gasteiger partial charge in [0.2, 0.25) is 10.0 Å². The van der Waals surface area contributed by atoms with Crippen LogP contribution in [0.1, 0.15) is 26.7 Å². The Balaban J connectivity index is 3.16. The lowest BCUT2D eigenvalue weighted by molar-refractivity contribution is -0.143. The number of carbonyl (C=O) groups is 1. The highest BCUT2D eigenvalue weighted by Gasteiger charge is 2.37. The normalized spacial score (nSPS) is 14.8. The van der Waals surface area contributed by atoms with Crippen molar-refractivity contribution in [2.45, 2.75) is 37.1 Å². The van der Waals surface area contributed by atoms with Gasteiger partial charge < -0.3 is 5.11 Å². The smallest absolute Gasteiger partial charge is 0.324 e. The summed E-state index contributed by atoms with van der Waals surface area (Å²) in [6.07, 6.45) is 0.494. The van der Waals surface area contributed by atoms with Crippen molar-refractivity contribution in [2.75, 3.05) is 0 Å². The molecule has 0 fully saturated rings. The van der Waals surface area contributed by atoms with Crippen LogP contribution in [0, 0.1) is 11.6 Å². The Morgan fingerprint density at radius 3 is 2.40 bits per heavy atom. The fourth-order valence-electron chi connectivity index (χ4n) is 1.70. The zero-order chi connectivity index (χ0) is 15.6. The fourth-order valence-corrected chi connectivity index (χ4v) is 3.11. The number of sulfonamides is 1. The van der Waals surface area contributed by atoms with Gasteiger partial charge in [-0.25, -0.2) is 17.2 Å². The van der Waals surface area contributed by atoms with E-state index >= 15 is 0 Å². The first-order valence-corrected chi connectivity index (χ1v) is 7.33. The molecular weight excluding hydrogens is 292 g/mol. The molecule has 0 saturated carbocycles. The standard InChI is InChI=1S/C12H15F2NO4S/c1-3-6-12(2,11(16)17)15-20(18,19)8-4-5-9(13)10(14)7-8/h4-5,7,15H,3,6H2,1-2H3,(H,16,17). The van der Waals surface area contributed by atoms with Gasteiger partial charge in [-0.3, -0.25) is 4.79 Å². The number of carboxylic acids is 1. The first-order valence-electron chi connectivity index (χ1n) is 5.85. The number of aliphatic carboxylic acids is 1. The molecule has 8 heteroatoms. The molecule has 1 rings (SSSR count). The highest BCUT2D eigenvalue weighted by atomic mass is 32.2. The Morgan fingerprint density at radius 2 is 1.95 bits per heavy atom. The van der Waals surface area contributed by atoms with Gasteiger partial charge in [-0.05, 0) is 31.5 Å². The van der Waals surface area contributed by atoms with Crippen LogP contribution in [0.5, 0.6) is 0 Å². The van der Waals surface area contributed by atoms with Crippen molar-refractivity contribution in [3.8, 4) is 0 Å². The number of rotatable bonds is 6. The molecule has 0 heterocycles. The molecule has 1 aromatic rings. The number of hydrogen-bond acceptors (Lipinski definition) is 3. The third kappa shape index (κ3) is 3.51. The minimum Gasteiger partial charge on any atom is -0.480 e. The molecule has 5 nitrogen and oxygen atoms in total. The average molecular weight is 307 g/mol. The lowest BCUT2D eigenvalue weighted by atomic mass is 9.98. The largest absolute Gasteiger partial charge is 0.480 e. The molecule has 0 aliphatic heterocycles. The van der Waals surface area contributed by atoms with Gasteiger partial charge in [0.05, 0.1) is 4.90 Å². The summed E-state index contributed by atoms with van der Waals surface area (Å²) in [4.78, 5) is 10.7. The first kappa shape index (κ1) is 16.5.